The normalized spacial score (nSPS) is 10.3. The van der Waals surface area contributed by atoms with Crippen LogP contribution in [0.5, 0.6) is 11.5 Å². The average Bonchev–Trinajstić information content (AvgIpc) is 3.46. The monoisotopic (exact) mass is 457 g/mol. The molecule has 0 radical (unpaired) electrons. The van der Waals surface area contributed by atoms with E-state index in [0.717, 1.165) is 11.1 Å². The van der Waals surface area contributed by atoms with E-state index in [0.29, 0.717) is 32.6 Å². The van der Waals surface area contributed by atoms with Gasteiger partial charge in [0.05, 0.1) is 27.8 Å². The molecule has 2 amide bonds. The fourth-order valence-corrected chi connectivity index (χ4v) is 4.07. The first-order chi connectivity index (χ1) is 15.9. The van der Waals surface area contributed by atoms with E-state index in [4.69, 9.17) is 14.4 Å². The first-order valence-electron chi connectivity index (χ1n) is 9.98. The van der Waals surface area contributed by atoms with Gasteiger partial charge in [-0.1, -0.05) is 0 Å². The molecule has 0 spiro atoms. The van der Waals surface area contributed by atoms with Crippen molar-refractivity contribution in [1.29, 1.82) is 5.26 Å². The second-order valence-corrected chi connectivity index (χ2v) is 8.28. The van der Waals surface area contributed by atoms with Gasteiger partial charge in [-0.05, 0) is 85.6 Å². The molecule has 0 fully saturated rings. The SMILES string of the molecule is Cc1cc(Oc2ccc(C#N)cc2)ccc1NC(=O)c1sc(NC(=O)c2ccco2)cc1C. The molecule has 7 nitrogen and oxygen atoms in total. The van der Waals surface area contributed by atoms with Crippen LogP contribution in [0.4, 0.5) is 10.7 Å². The third kappa shape index (κ3) is 5.11. The van der Waals surface area contributed by atoms with Crippen molar-refractivity contribution < 1.29 is 18.7 Å². The third-order valence-corrected chi connectivity index (χ3v) is 5.92. The maximum absolute atomic E-state index is 12.9. The van der Waals surface area contributed by atoms with Crippen LogP contribution >= 0.6 is 11.3 Å². The lowest BCUT2D eigenvalue weighted by molar-refractivity contribution is 0.0995. The number of anilines is 2. The third-order valence-electron chi connectivity index (χ3n) is 4.77. The van der Waals surface area contributed by atoms with Crippen molar-refractivity contribution in [2.45, 2.75) is 13.8 Å². The van der Waals surface area contributed by atoms with Crippen LogP contribution in [0.15, 0.2) is 71.3 Å². The van der Waals surface area contributed by atoms with E-state index in [9.17, 15) is 9.59 Å². The van der Waals surface area contributed by atoms with Gasteiger partial charge in [-0.2, -0.15) is 5.26 Å². The van der Waals surface area contributed by atoms with Gasteiger partial charge in [0.15, 0.2) is 5.76 Å². The number of nitrogens with one attached hydrogen (secondary N) is 2. The molecule has 0 atom stereocenters. The summed E-state index contributed by atoms with van der Waals surface area (Å²) in [7, 11) is 0. The Morgan fingerprint density at radius 3 is 2.36 bits per heavy atom. The molecular weight excluding hydrogens is 438 g/mol. The van der Waals surface area contributed by atoms with Crippen molar-refractivity contribution in [3.05, 3.63) is 94.3 Å². The van der Waals surface area contributed by atoms with E-state index in [1.165, 1.54) is 17.6 Å². The van der Waals surface area contributed by atoms with E-state index < -0.39 is 0 Å². The van der Waals surface area contributed by atoms with Crippen molar-refractivity contribution in [3.8, 4) is 17.6 Å². The van der Waals surface area contributed by atoms with Gasteiger partial charge in [-0.15, -0.1) is 11.3 Å². The lowest BCUT2D eigenvalue weighted by atomic mass is 10.1. The number of amides is 2. The summed E-state index contributed by atoms with van der Waals surface area (Å²) in [5, 5.41) is 15.1. The fourth-order valence-electron chi connectivity index (χ4n) is 3.10. The van der Waals surface area contributed by atoms with Gasteiger partial charge < -0.3 is 19.8 Å². The maximum Gasteiger partial charge on any atom is 0.291 e. The zero-order chi connectivity index (χ0) is 23.4. The predicted octanol–water partition coefficient (Wildman–Crippen LogP) is 6.13. The lowest BCUT2D eigenvalue weighted by Crippen LogP contribution is -2.12. The molecule has 4 rings (SSSR count). The maximum atomic E-state index is 12.9. The molecule has 0 aliphatic heterocycles. The number of hydrogen-bond donors (Lipinski definition) is 2. The van der Waals surface area contributed by atoms with Crippen molar-refractivity contribution in [1.82, 2.24) is 0 Å². The topological polar surface area (TPSA) is 104 Å². The summed E-state index contributed by atoms with van der Waals surface area (Å²) in [6, 6.07) is 19.2. The van der Waals surface area contributed by atoms with Crippen molar-refractivity contribution in [3.63, 3.8) is 0 Å². The minimum absolute atomic E-state index is 0.200. The van der Waals surface area contributed by atoms with Gasteiger partial charge in [-0.3, -0.25) is 9.59 Å². The van der Waals surface area contributed by atoms with Gasteiger partial charge in [0.25, 0.3) is 11.8 Å². The zero-order valence-electron chi connectivity index (χ0n) is 17.8. The van der Waals surface area contributed by atoms with Crippen molar-refractivity contribution in [2.24, 2.45) is 0 Å². The number of carbonyl (C=O) groups is 2. The van der Waals surface area contributed by atoms with Gasteiger partial charge in [0.1, 0.15) is 11.5 Å². The summed E-state index contributed by atoms with van der Waals surface area (Å²) in [5.74, 6) is 0.793. The molecule has 2 aromatic carbocycles. The highest BCUT2D eigenvalue weighted by Gasteiger charge is 2.17. The molecule has 0 saturated carbocycles. The number of thiophene rings is 1. The highest BCUT2D eigenvalue weighted by molar-refractivity contribution is 7.18. The van der Waals surface area contributed by atoms with Crippen LogP contribution < -0.4 is 15.4 Å². The summed E-state index contributed by atoms with van der Waals surface area (Å²) < 4.78 is 10.9. The Hall–Kier alpha value is -4.35. The van der Waals surface area contributed by atoms with E-state index in [2.05, 4.69) is 16.7 Å². The molecule has 8 heteroatoms. The summed E-state index contributed by atoms with van der Waals surface area (Å²) in [6.45, 7) is 3.69. The molecule has 2 aromatic heterocycles. The molecule has 0 bridgehead atoms. The summed E-state index contributed by atoms with van der Waals surface area (Å²) in [5.41, 5.74) is 2.80. The van der Waals surface area contributed by atoms with Crippen molar-refractivity contribution >= 4 is 33.8 Å². The van der Waals surface area contributed by atoms with Gasteiger partial charge in [-0.25, -0.2) is 0 Å². The van der Waals surface area contributed by atoms with Gasteiger partial charge in [0.2, 0.25) is 0 Å². The predicted molar refractivity (Wildman–Crippen MR) is 126 cm³/mol. The molecule has 2 N–H and O–H groups in total. The van der Waals surface area contributed by atoms with Gasteiger partial charge in [0, 0.05) is 5.69 Å². The lowest BCUT2D eigenvalue weighted by Gasteiger charge is -2.11. The molecule has 0 unspecified atom stereocenters. The second-order valence-electron chi connectivity index (χ2n) is 7.22. The zero-order valence-corrected chi connectivity index (χ0v) is 18.7. The van der Waals surface area contributed by atoms with E-state index in [-0.39, 0.29) is 17.6 Å². The smallest absolute Gasteiger partial charge is 0.291 e. The largest absolute Gasteiger partial charge is 0.459 e. The fraction of sp³-hybridized carbons (Fsp3) is 0.0800. The molecular formula is C25H19N3O4S. The molecule has 33 heavy (non-hydrogen) atoms. The first-order valence-corrected chi connectivity index (χ1v) is 10.8. The number of benzene rings is 2. The number of hydrogen-bond acceptors (Lipinski definition) is 6. The van der Waals surface area contributed by atoms with E-state index >= 15 is 0 Å². The number of aryl methyl sites for hydroxylation is 2. The Bertz CT molecular complexity index is 1350. The molecule has 0 saturated heterocycles. The van der Waals surface area contributed by atoms with Crippen LogP contribution in [0.2, 0.25) is 0 Å². The van der Waals surface area contributed by atoms with Crippen LogP contribution in [0.25, 0.3) is 0 Å². The Morgan fingerprint density at radius 1 is 0.939 bits per heavy atom. The van der Waals surface area contributed by atoms with Crippen LogP contribution in [-0.2, 0) is 0 Å². The quantitative estimate of drug-likeness (QED) is 0.363. The second kappa shape index (κ2) is 9.42. The minimum atomic E-state index is -0.373. The van der Waals surface area contributed by atoms with Crippen molar-refractivity contribution in [2.75, 3.05) is 10.6 Å². The van der Waals surface area contributed by atoms with Gasteiger partial charge >= 0.3 is 0 Å². The number of nitriles is 1. The summed E-state index contributed by atoms with van der Waals surface area (Å²) >= 11 is 1.19. The number of nitrogens with zero attached hydrogens (tertiary/aromatic N) is 1. The Kier molecular flexibility index (Phi) is 6.24. The standard InChI is InChI=1S/C25H19N3O4S/c1-15-12-19(32-18-7-5-17(14-26)6-8-18)9-10-20(15)27-25(30)23-16(2)13-22(33-23)28-24(29)21-4-3-11-31-21/h3-13H,1-2H3,(H,27,30)(H,28,29). The van der Waals surface area contributed by atoms with Crippen LogP contribution in [0, 0.1) is 25.2 Å². The molecule has 0 aliphatic carbocycles. The van der Waals surface area contributed by atoms with Crippen LogP contribution in [0.3, 0.4) is 0 Å². The number of rotatable bonds is 6. The number of ether oxygens (including phenoxy) is 1. The number of furan rings is 1. The highest BCUT2D eigenvalue weighted by Crippen LogP contribution is 2.30. The van der Waals surface area contributed by atoms with Crippen LogP contribution in [-0.4, -0.2) is 11.8 Å². The summed E-state index contributed by atoms with van der Waals surface area (Å²) in [4.78, 5) is 25.5. The average molecular weight is 458 g/mol. The molecule has 0 aliphatic rings. The Morgan fingerprint density at radius 2 is 1.70 bits per heavy atom. The Labute approximate surface area is 194 Å². The molecule has 2 heterocycles. The first kappa shape index (κ1) is 21.9. The molecule has 164 valence electrons. The molecule has 4 aromatic rings. The highest BCUT2D eigenvalue weighted by atomic mass is 32.1. The van der Waals surface area contributed by atoms with Crippen LogP contribution in [0.1, 0.15) is 36.9 Å². The number of carbonyl (C=O) groups excluding carboxylic acids is 2. The summed E-state index contributed by atoms with van der Waals surface area (Å²) in [6.07, 6.45) is 1.43. The minimum Gasteiger partial charge on any atom is -0.459 e. The Balaban J connectivity index is 1.43. The van der Waals surface area contributed by atoms with E-state index in [1.807, 2.05) is 19.9 Å². The van der Waals surface area contributed by atoms with E-state index in [1.54, 1.807) is 54.6 Å².